The molecule has 2 heterocycles. The molecule has 0 aliphatic rings. The van der Waals surface area contributed by atoms with Crippen molar-refractivity contribution in [3.63, 3.8) is 0 Å². The highest BCUT2D eigenvalue weighted by molar-refractivity contribution is 6.34. The number of hydrogen-bond acceptors (Lipinski definition) is 3. The van der Waals surface area contributed by atoms with Crippen LogP contribution in [0.25, 0.3) is 16.7 Å². The third kappa shape index (κ3) is 1.95. The van der Waals surface area contributed by atoms with Crippen molar-refractivity contribution in [1.82, 2.24) is 19.7 Å². The minimum atomic E-state index is -0.482. The molecule has 0 aliphatic heterocycles. The molecule has 96 valence electrons. The molecule has 0 saturated heterocycles. The summed E-state index contributed by atoms with van der Waals surface area (Å²) < 4.78 is 15.2. The van der Waals surface area contributed by atoms with Crippen LogP contribution in [0.15, 0.2) is 24.4 Å². The zero-order valence-electron chi connectivity index (χ0n) is 9.73. The van der Waals surface area contributed by atoms with E-state index in [0.717, 1.165) is 0 Å². The summed E-state index contributed by atoms with van der Waals surface area (Å²) in [5.41, 5.74) is 0.567. The van der Waals surface area contributed by atoms with E-state index < -0.39 is 5.82 Å². The molecule has 4 nitrogen and oxygen atoms in total. The van der Waals surface area contributed by atoms with Gasteiger partial charge in [0.2, 0.25) is 0 Å². The van der Waals surface area contributed by atoms with Crippen LogP contribution in [0.5, 0.6) is 0 Å². The second-order valence-corrected chi connectivity index (χ2v) is 4.69. The Morgan fingerprint density at radius 2 is 2.00 bits per heavy atom. The molecule has 0 saturated carbocycles. The molecule has 0 amide bonds. The van der Waals surface area contributed by atoms with Gasteiger partial charge in [-0.05, 0) is 19.1 Å². The standard InChI is InChI=1S/C12H7Cl2FN4/c1-6-17-11(14)7-5-16-19(12(7)18-6)10-8(13)3-2-4-9(10)15/h2-5H,1H3. The van der Waals surface area contributed by atoms with E-state index in [9.17, 15) is 4.39 Å². The van der Waals surface area contributed by atoms with E-state index in [1.165, 1.54) is 23.0 Å². The first-order valence-electron chi connectivity index (χ1n) is 5.40. The van der Waals surface area contributed by atoms with E-state index in [2.05, 4.69) is 15.1 Å². The molecule has 2 aromatic heterocycles. The van der Waals surface area contributed by atoms with Gasteiger partial charge in [-0.15, -0.1) is 0 Å². The number of fused-ring (bicyclic) bond motifs is 1. The first kappa shape index (κ1) is 12.3. The maximum Gasteiger partial charge on any atom is 0.168 e. The van der Waals surface area contributed by atoms with Crippen molar-refractivity contribution in [2.75, 3.05) is 0 Å². The normalized spacial score (nSPS) is 11.2. The lowest BCUT2D eigenvalue weighted by molar-refractivity contribution is 0.612. The van der Waals surface area contributed by atoms with Crippen LogP contribution in [-0.2, 0) is 0 Å². The summed E-state index contributed by atoms with van der Waals surface area (Å²) in [4.78, 5) is 8.26. The SMILES string of the molecule is Cc1nc(Cl)c2cnn(-c3c(F)cccc3Cl)c2n1. The van der Waals surface area contributed by atoms with Crippen LogP contribution in [0.3, 0.4) is 0 Å². The molecule has 0 N–H and O–H groups in total. The van der Waals surface area contributed by atoms with Gasteiger partial charge in [0, 0.05) is 0 Å². The molecular formula is C12H7Cl2FN4. The fraction of sp³-hybridized carbons (Fsp3) is 0.0833. The minimum Gasteiger partial charge on any atom is -0.221 e. The summed E-state index contributed by atoms with van der Waals surface area (Å²) >= 11 is 12.0. The molecule has 0 bridgehead atoms. The number of hydrogen-bond donors (Lipinski definition) is 0. The third-order valence-electron chi connectivity index (χ3n) is 2.64. The van der Waals surface area contributed by atoms with Crippen molar-refractivity contribution < 1.29 is 4.39 Å². The Labute approximate surface area is 117 Å². The maximum atomic E-state index is 13.9. The van der Waals surface area contributed by atoms with E-state index in [1.807, 2.05) is 0 Å². The summed E-state index contributed by atoms with van der Waals surface area (Å²) in [7, 11) is 0. The van der Waals surface area contributed by atoms with Gasteiger partial charge in [-0.3, -0.25) is 0 Å². The van der Waals surface area contributed by atoms with Crippen LogP contribution < -0.4 is 0 Å². The van der Waals surface area contributed by atoms with Crippen molar-refractivity contribution in [2.45, 2.75) is 6.92 Å². The van der Waals surface area contributed by atoms with Crippen molar-refractivity contribution in [1.29, 1.82) is 0 Å². The predicted molar refractivity (Wildman–Crippen MR) is 71.4 cm³/mol. The van der Waals surface area contributed by atoms with Gasteiger partial charge in [-0.2, -0.15) is 5.10 Å². The summed E-state index contributed by atoms with van der Waals surface area (Å²) in [6.07, 6.45) is 1.49. The van der Waals surface area contributed by atoms with Gasteiger partial charge in [0.25, 0.3) is 0 Å². The first-order chi connectivity index (χ1) is 9.08. The van der Waals surface area contributed by atoms with Gasteiger partial charge in [-0.1, -0.05) is 29.3 Å². The molecule has 3 aromatic rings. The van der Waals surface area contributed by atoms with E-state index in [1.54, 1.807) is 13.0 Å². The molecule has 0 spiro atoms. The first-order valence-corrected chi connectivity index (χ1v) is 6.16. The number of aryl methyl sites for hydroxylation is 1. The molecule has 0 aliphatic carbocycles. The Bertz CT molecular complexity index is 764. The minimum absolute atomic E-state index is 0.147. The number of halogens is 3. The van der Waals surface area contributed by atoms with Crippen LogP contribution in [0.1, 0.15) is 5.82 Å². The molecular weight excluding hydrogens is 290 g/mol. The van der Waals surface area contributed by atoms with Gasteiger partial charge in [-0.25, -0.2) is 19.0 Å². The molecule has 0 atom stereocenters. The zero-order chi connectivity index (χ0) is 13.6. The van der Waals surface area contributed by atoms with Gasteiger partial charge < -0.3 is 0 Å². The third-order valence-corrected chi connectivity index (χ3v) is 3.24. The second kappa shape index (κ2) is 4.43. The average molecular weight is 297 g/mol. The number of rotatable bonds is 1. The topological polar surface area (TPSA) is 43.6 Å². The molecule has 19 heavy (non-hydrogen) atoms. The number of benzene rings is 1. The van der Waals surface area contributed by atoms with Gasteiger partial charge >= 0.3 is 0 Å². The summed E-state index contributed by atoms with van der Waals surface area (Å²) in [5.74, 6) is -0.00315. The number of para-hydroxylation sites is 1. The van der Waals surface area contributed by atoms with E-state index in [0.29, 0.717) is 16.9 Å². The lowest BCUT2D eigenvalue weighted by Crippen LogP contribution is -2.02. The van der Waals surface area contributed by atoms with Crippen molar-refractivity contribution in [3.8, 4) is 5.69 Å². The van der Waals surface area contributed by atoms with E-state index in [-0.39, 0.29) is 15.9 Å². The van der Waals surface area contributed by atoms with E-state index >= 15 is 0 Å². The average Bonchev–Trinajstić information content (AvgIpc) is 2.73. The predicted octanol–water partition coefficient (Wildman–Crippen LogP) is 3.57. The quantitative estimate of drug-likeness (QED) is 0.645. The Morgan fingerprint density at radius 1 is 1.21 bits per heavy atom. The van der Waals surface area contributed by atoms with E-state index in [4.69, 9.17) is 23.2 Å². The lowest BCUT2D eigenvalue weighted by atomic mass is 10.3. The fourth-order valence-electron chi connectivity index (χ4n) is 1.83. The van der Waals surface area contributed by atoms with Gasteiger partial charge in [0.1, 0.15) is 22.5 Å². The lowest BCUT2D eigenvalue weighted by Gasteiger charge is -2.07. The van der Waals surface area contributed by atoms with Crippen LogP contribution in [0.4, 0.5) is 4.39 Å². The Balaban J connectivity index is 2.38. The molecule has 3 rings (SSSR count). The Morgan fingerprint density at radius 3 is 2.74 bits per heavy atom. The highest BCUT2D eigenvalue weighted by atomic mass is 35.5. The summed E-state index contributed by atoms with van der Waals surface area (Å²) in [6, 6.07) is 4.42. The Hall–Kier alpha value is -1.72. The van der Waals surface area contributed by atoms with Crippen molar-refractivity contribution in [2.24, 2.45) is 0 Å². The molecule has 1 aromatic carbocycles. The number of nitrogens with zero attached hydrogens (tertiary/aromatic N) is 4. The smallest absolute Gasteiger partial charge is 0.168 e. The van der Waals surface area contributed by atoms with Gasteiger partial charge in [0.15, 0.2) is 5.65 Å². The second-order valence-electron chi connectivity index (χ2n) is 3.93. The summed E-state index contributed by atoms with van der Waals surface area (Å²) in [5, 5.41) is 5.17. The maximum absolute atomic E-state index is 13.9. The highest BCUT2D eigenvalue weighted by Gasteiger charge is 2.16. The highest BCUT2D eigenvalue weighted by Crippen LogP contribution is 2.27. The van der Waals surface area contributed by atoms with Crippen molar-refractivity contribution >= 4 is 34.2 Å². The molecule has 0 unspecified atom stereocenters. The van der Waals surface area contributed by atoms with Crippen LogP contribution in [0, 0.1) is 12.7 Å². The molecule has 0 fully saturated rings. The molecule has 0 radical (unpaired) electrons. The fourth-order valence-corrected chi connectivity index (χ4v) is 2.33. The van der Waals surface area contributed by atoms with Crippen LogP contribution in [0.2, 0.25) is 10.2 Å². The Kier molecular flexibility index (Phi) is 2.88. The largest absolute Gasteiger partial charge is 0.221 e. The van der Waals surface area contributed by atoms with Crippen LogP contribution in [-0.4, -0.2) is 19.7 Å². The number of aromatic nitrogens is 4. The zero-order valence-corrected chi connectivity index (χ0v) is 11.2. The monoisotopic (exact) mass is 296 g/mol. The molecule has 7 heteroatoms. The van der Waals surface area contributed by atoms with Crippen LogP contribution >= 0.6 is 23.2 Å². The van der Waals surface area contributed by atoms with Gasteiger partial charge in [0.05, 0.1) is 16.6 Å². The van der Waals surface area contributed by atoms with Crippen molar-refractivity contribution in [3.05, 3.63) is 46.2 Å². The summed E-state index contributed by atoms with van der Waals surface area (Å²) in [6.45, 7) is 1.70.